The maximum atomic E-state index is 6.22. The number of nitrogens with zero attached hydrogens (tertiary/aromatic N) is 2. The van der Waals surface area contributed by atoms with Crippen LogP contribution < -0.4 is 4.74 Å². The Bertz CT molecular complexity index is 597. The van der Waals surface area contributed by atoms with E-state index < -0.39 is 0 Å². The zero-order valence-electron chi connectivity index (χ0n) is 11.6. The third-order valence-corrected chi connectivity index (χ3v) is 3.03. The van der Waals surface area contributed by atoms with E-state index in [4.69, 9.17) is 16.3 Å². The van der Waals surface area contributed by atoms with Crippen LogP contribution in [0, 0.1) is 13.8 Å². The summed E-state index contributed by atoms with van der Waals surface area (Å²) in [5, 5.41) is 0.405. The molecule has 0 radical (unpaired) electrons. The molecule has 0 amide bonds. The molecule has 100 valence electrons. The summed E-state index contributed by atoms with van der Waals surface area (Å²) in [6.45, 7) is 7.80. The molecule has 0 aliphatic rings. The number of hydrogen-bond acceptors (Lipinski definition) is 3. The molecule has 0 atom stereocenters. The molecule has 3 nitrogen and oxygen atoms in total. The first kappa shape index (κ1) is 13.8. The fourth-order valence-corrected chi connectivity index (χ4v) is 2.04. The topological polar surface area (TPSA) is 35.0 Å². The first-order chi connectivity index (χ1) is 8.99. The Morgan fingerprint density at radius 1 is 1.05 bits per heavy atom. The molecule has 4 heteroatoms. The lowest BCUT2D eigenvalue weighted by molar-refractivity contribution is 0.243. The SMILES string of the molecule is Cc1nc(Cl)c(-c2ccccc2OC(C)C)nc1C. The molecule has 2 rings (SSSR count). The van der Waals surface area contributed by atoms with Gasteiger partial charge in [-0.2, -0.15) is 0 Å². The van der Waals surface area contributed by atoms with Crippen LogP contribution in [0.15, 0.2) is 24.3 Å². The Kier molecular flexibility index (Phi) is 4.05. The summed E-state index contributed by atoms with van der Waals surface area (Å²) in [5.41, 5.74) is 3.26. The van der Waals surface area contributed by atoms with Gasteiger partial charge in [-0.25, -0.2) is 9.97 Å². The number of aromatic nitrogens is 2. The van der Waals surface area contributed by atoms with Crippen molar-refractivity contribution >= 4 is 11.6 Å². The van der Waals surface area contributed by atoms with Crippen molar-refractivity contribution < 1.29 is 4.74 Å². The van der Waals surface area contributed by atoms with Crippen LogP contribution >= 0.6 is 11.6 Å². The summed E-state index contributed by atoms with van der Waals surface area (Å²) in [6.07, 6.45) is 0.0967. The van der Waals surface area contributed by atoms with Gasteiger partial charge in [0.2, 0.25) is 0 Å². The summed E-state index contributed by atoms with van der Waals surface area (Å²) in [6, 6.07) is 7.74. The van der Waals surface area contributed by atoms with E-state index in [0.29, 0.717) is 10.8 Å². The van der Waals surface area contributed by atoms with Gasteiger partial charge in [0, 0.05) is 5.56 Å². The number of benzene rings is 1. The molecule has 0 aliphatic heterocycles. The maximum Gasteiger partial charge on any atom is 0.155 e. The zero-order chi connectivity index (χ0) is 14.0. The molecule has 0 unspecified atom stereocenters. The van der Waals surface area contributed by atoms with E-state index in [1.807, 2.05) is 52.0 Å². The standard InChI is InChI=1S/C15H17ClN2O/c1-9(2)19-13-8-6-5-7-12(13)14-15(16)18-11(4)10(3)17-14/h5-9H,1-4H3. The fourth-order valence-electron chi connectivity index (χ4n) is 1.77. The highest BCUT2D eigenvalue weighted by molar-refractivity contribution is 6.31. The van der Waals surface area contributed by atoms with Crippen molar-refractivity contribution in [2.24, 2.45) is 0 Å². The van der Waals surface area contributed by atoms with Gasteiger partial charge in [-0.1, -0.05) is 23.7 Å². The molecule has 2 aromatic rings. The molecule has 0 fully saturated rings. The molecule has 0 spiro atoms. The first-order valence-corrected chi connectivity index (χ1v) is 6.63. The lowest BCUT2D eigenvalue weighted by Crippen LogP contribution is -2.07. The van der Waals surface area contributed by atoms with E-state index in [-0.39, 0.29) is 6.10 Å². The molecular formula is C15H17ClN2O. The quantitative estimate of drug-likeness (QED) is 0.843. The molecule has 0 bridgehead atoms. The maximum absolute atomic E-state index is 6.22. The van der Waals surface area contributed by atoms with Crippen LogP contribution in [0.3, 0.4) is 0 Å². The van der Waals surface area contributed by atoms with Gasteiger partial charge in [0.25, 0.3) is 0 Å². The number of rotatable bonds is 3. The summed E-state index contributed by atoms with van der Waals surface area (Å²) < 4.78 is 5.80. The lowest BCUT2D eigenvalue weighted by Gasteiger charge is -2.15. The number of halogens is 1. The lowest BCUT2D eigenvalue weighted by atomic mass is 10.1. The summed E-state index contributed by atoms with van der Waals surface area (Å²) in [4.78, 5) is 8.85. The Hall–Kier alpha value is -1.61. The van der Waals surface area contributed by atoms with Crippen molar-refractivity contribution in [3.05, 3.63) is 40.8 Å². The number of ether oxygens (including phenoxy) is 1. The van der Waals surface area contributed by atoms with Gasteiger partial charge in [-0.15, -0.1) is 0 Å². The smallest absolute Gasteiger partial charge is 0.155 e. The molecule has 1 aromatic heterocycles. The first-order valence-electron chi connectivity index (χ1n) is 6.26. The molecule has 0 saturated heterocycles. The number of para-hydroxylation sites is 1. The van der Waals surface area contributed by atoms with Crippen molar-refractivity contribution in [1.82, 2.24) is 9.97 Å². The molecule has 0 saturated carbocycles. The van der Waals surface area contributed by atoms with E-state index >= 15 is 0 Å². The summed E-state index contributed by atoms with van der Waals surface area (Å²) >= 11 is 6.22. The summed E-state index contributed by atoms with van der Waals surface area (Å²) in [5.74, 6) is 0.775. The van der Waals surface area contributed by atoms with Crippen LogP contribution in [0.5, 0.6) is 5.75 Å². The van der Waals surface area contributed by atoms with Crippen LogP contribution in [-0.2, 0) is 0 Å². The minimum absolute atomic E-state index is 0.0967. The van der Waals surface area contributed by atoms with E-state index in [1.165, 1.54) is 0 Å². The average Bonchev–Trinajstić information content (AvgIpc) is 2.34. The van der Waals surface area contributed by atoms with Crippen LogP contribution in [0.1, 0.15) is 25.2 Å². The minimum Gasteiger partial charge on any atom is -0.490 e. The van der Waals surface area contributed by atoms with Gasteiger partial charge in [-0.05, 0) is 39.8 Å². The third-order valence-electron chi connectivity index (χ3n) is 2.77. The van der Waals surface area contributed by atoms with Gasteiger partial charge < -0.3 is 4.74 Å². The van der Waals surface area contributed by atoms with E-state index in [0.717, 1.165) is 22.7 Å². The summed E-state index contributed by atoms with van der Waals surface area (Å²) in [7, 11) is 0. The average molecular weight is 277 g/mol. The van der Waals surface area contributed by atoms with Gasteiger partial charge in [0.1, 0.15) is 11.4 Å². The predicted molar refractivity (Wildman–Crippen MR) is 77.7 cm³/mol. The normalized spacial score (nSPS) is 10.8. The largest absolute Gasteiger partial charge is 0.490 e. The zero-order valence-corrected chi connectivity index (χ0v) is 12.3. The Morgan fingerprint density at radius 2 is 1.68 bits per heavy atom. The highest BCUT2D eigenvalue weighted by Crippen LogP contribution is 2.33. The molecule has 1 heterocycles. The molecule has 19 heavy (non-hydrogen) atoms. The number of hydrogen-bond donors (Lipinski definition) is 0. The van der Waals surface area contributed by atoms with Gasteiger partial charge in [0.15, 0.2) is 5.15 Å². The molecule has 0 N–H and O–H groups in total. The van der Waals surface area contributed by atoms with E-state index in [1.54, 1.807) is 0 Å². The highest BCUT2D eigenvalue weighted by atomic mass is 35.5. The monoisotopic (exact) mass is 276 g/mol. The van der Waals surface area contributed by atoms with Gasteiger partial charge in [0.05, 0.1) is 17.5 Å². The van der Waals surface area contributed by atoms with Crippen molar-refractivity contribution in [2.45, 2.75) is 33.8 Å². The van der Waals surface area contributed by atoms with Gasteiger partial charge in [-0.3, -0.25) is 0 Å². The molecule has 0 aliphatic carbocycles. The van der Waals surface area contributed by atoms with E-state index in [2.05, 4.69) is 9.97 Å². The van der Waals surface area contributed by atoms with Crippen molar-refractivity contribution in [3.63, 3.8) is 0 Å². The third kappa shape index (κ3) is 3.04. The van der Waals surface area contributed by atoms with Gasteiger partial charge >= 0.3 is 0 Å². The highest BCUT2D eigenvalue weighted by Gasteiger charge is 2.14. The molecular weight excluding hydrogens is 260 g/mol. The second-order valence-corrected chi connectivity index (χ2v) is 5.05. The molecule has 1 aromatic carbocycles. The van der Waals surface area contributed by atoms with Crippen molar-refractivity contribution in [1.29, 1.82) is 0 Å². The minimum atomic E-state index is 0.0967. The second-order valence-electron chi connectivity index (χ2n) is 4.70. The van der Waals surface area contributed by atoms with Crippen LogP contribution in [-0.4, -0.2) is 16.1 Å². The predicted octanol–water partition coefficient (Wildman–Crippen LogP) is 4.20. The Balaban J connectivity index is 2.56. The van der Waals surface area contributed by atoms with Crippen LogP contribution in [0.4, 0.5) is 0 Å². The fraction of sp³-hybridized carbons (Fsp3) is 0.333. The Morgan fingerprint density at radius 3 is 2.37 bits per heavy atom. The van der Waals surface area contributed by atoms with Crippen LogP contribution in [0.2, 0.25) is 5.15 Å². The Labute approximate surface area is 118 Å². The van der Waals surface area contributed by atoms with Crippen molar-refractivity contribution in [3.8, 4) is 17.0 Å². The number of aryl methyl sites for hydroxylation is 2. The second kappa shape index (κ2) is 5.57. The van der Waals surface area contributed by atoms with Crippen LogP contribution in [0.25, 0.3) is 11.3 Å². The van der Waals surface area contributed by atoms with Crippen molar-refractivity contribution in [2.75, 3.05) is 0 Å². The van der Waals surface area contributed by atoms with E-state index in [9.17, 15) is 0 Å².